The molecule has 0 aliphatic carbocycles. The molecule has 1 aliphatic rings. The minimum absolute atomic E-state index is 0.567. The van der Waals surface area contributed by atoms with Crippen molar-refractivity contribution in [2.45, 2.75) is 38.6 Å². The Morgan fingerprint density at radius 1 is 1.47 bits per heavy atom. The SMILES string of the molecule is Cc1cc(N2CCCC2CCCN)n2ncnc2n1. The summed E-state index contributed by atoms with van der Waals surface area (Å²) < 4.78 is 1.84. The first kappa shape index (κ1) is 12.3. The summed E-state index contributed by atoms with van der Waals surface area (Å²) in [5.41, 5.74) is 6.62. The van der Waals surface area contributed by atoms with E-state index in [-0.39, 0.29) is 0 Å². The summed E-state index contributed by atoms with van der Waals surface area (Å²) in [5.74, 6) is 1.79. The molecule has 0 radical (unpaired) electrons. The van der Waals surface area contributed by atoms with Gasteiger partial charge in [-0.1, -0.05) is 0 Å². The molecule has 1 unspecified atom stereocenters. The van der Waals surface area contributed by atoms with E-state index in [2.05, 4.69) is 26.0 Å². The Balaban J connectivity index is 1.96. The van der Waals surface area contributed by atoms with E-state index < -0.39 is 0 Å². The Morgan fingerprint density at radius 2 is 2.37 bits per heavy atom. The van der Waals surface area contributed by atoms with Crippen molar-refractivity contribution in [1.82, 2.24) is 19.6 Å². The molecule has 0 spiro atoms. The molecule has 102 valence electrons. The van der Waals surface area contributed by atoms with Crippen LogP contribution in [0.25, 0.3) is 5.78 Å². The van der Waals surface area contributed by atoms with Gasteiger partial charge in [0.05, 0.1) is 0 Å². The van der Waals surface area contributed by atoms with Crippen LogP contribution in [0, 0.1) is 6.92 Å². The topological polar surface area (TPSA) is 72.3 Å². The van der Waals surface area contributed by atoms with Crippen molar-refractivity contribution in [3.8, 4) is 0 Å². The van der Waals surface area contributed by atoms with Crippen LogP contribution in [0.5, 0.6) is 0 Å². The predicted octanol–water partition coefficient (Wildman–Crippen LogP) is 1.14. The largest absolute Gasteiger partial charge is 0.353 e. The highest BCUT2D eigenvalue weighted by molar-refractivity contribution is 5.48. The summed E-state index contributed by atoms with van der Waals surface area (Å²) >= 11 is 0. The lowest BCUT2D eigenvalue weighted by atomic mass is 10.1. The van der Waals surface area contributed by atoms with Gasteiger partial charge in [-0.2, -0.15) is 14.6 Å². The number of nitrogens with zero attached hydrogens (tertiary/aromatic N) is 5. The fraction of sp³-hybridized carbons (Fsp3) is 0.615. The molecule has 0 saturated carbocycles. The molecule has 2 aromatic heterocycles. The van der Waals surface area contributed by atoms with Gasteiger partial charge in [0.1, 0.15) is 12.1 Å². The number of hydrogen-bond acceptors (Lipinski definition) is 5. The van der Waals surface area contributed by atoms with Gasteiger partial charge in [-0.3, -0.25) is 0 Å². The average Bonchev–Trinajstić information content (AvgIpc) is 3.03. The molecule has 0 amide bonds. The third-order valence-electron chi connectivity index (χ3n) is 3.77. The first-order chi connectivity index (χ1) is 9.29. The molecule has 3 rings (SSSR count). The van der Waals surface area contributed by atoms with Crippen LogP contribution < -0.4 is 10.6 Å². The van der Waals surface area contributed by atoms with Gasteiger partial charge >= 0.3 is 0 Å². The zero-order valence-corrected chi connectivity index (χ0v) is 11.3. The zero-order chi connectivity index (χ0) is 13.2. The molecule has 3 heterocycles. The minimum atomic E-state index is 0.567. The van der Waals surface area contributed by atoms with E-state index >= 15 is 0 Å². The number of fused-ring (bicyclic) bond motifs is 1. The Morgan fingerprint density at radius 3 is 3.21 bits per heavy atom. The van der Waals surface area contributed by atoms with Gasteiger partial charge in [0, 0.05) is 24.3 Å². The third-order valence-corrected chi connectivity index (χ3v) is 3.77. The van der Waals surface area contributed by atoms with E-state index in [1.165, 1.54) is 12.8 Å². The molecule has 1 aliphatic heterocycles. The Kier molecular flexibility index (Phi) is 3.33. The van der Waals surface area contributed by atoms with Crippen LogP contribution in [0.4, 0.5) is 5.82 Å². The summed E-state index contributed by atoms with van der Waals surface area (Å²) in [6.45, 7) is 3.84. The number of nitrogens with two attached hydrogens (primary N) is 1. The summed E-state index contributed by atoms with van der Waals surface area (Å²) in [6.07, 6.45) is 6.25. The second kappa shape index (κ2) is 5.13. The Labute approximate surface area is 112 Å². The number of aryl methyl sites for hydroxylation is 1. The van der Waals surface area contributed by atoms with Crippen LogP contribution in [-0.2, 0) is 0 Å². The van der Waals surface area contributed by atoms with Crippen molar-refractivity contribution in [2.75, 3.05) is 18.0 Å². The highest BCUT2D eigenvalue weighted by Crippen LogP contribution is 2.28. The molecule has 0 aromatic carbocycles. The lowest BCUT2D eigenvalue weighted by molar-refractivity contribution is 0.578. The number of anilines is 1. The summed E-state index contributed by atoms with van der Waals surface area (Å²) in [5, 5.41) is 4.30. The lowest BCUT2D eigenvalue weighted by Gasteiger charge is -2.26. The standard InChI is InChI=1S/C13H20N6/c1-10-8-12(19-13(17-10)15-9-16-19)18-7-3-5-11(18)4-2-6-14/h8-9,11H,2-7,14H2,1H3. The van der Waals surface area contributed by atoms with Gasteiger partial charge in [0.15, 0.2) is 0 Å². The molecule has 1 fully saturated rings. The second-order valence-electron chi connectivity index (χ2n) is 5.15. The monoisotopic (exact) mass is 260 g/mol. The molecular weight excluding hydrogens is 240 g/mol. The van der Waals surface area contributed by atoms with Crippen LogP contribution >= 0.6 is 0 Å². The third kappa shape index (κ3) is 2.28. The first-order valence-corrected chi connectivity index (χ1v) is 6.93. The first-order valence-electron chi connectivity index (χ1n) is 6.93. The fourth-order valence-electron chi connectivity index (χ4n) is 2.91. The van der Waals surface area contributed by atoms with Gasteiger partial charge in [-0.15, -0.1) is 0 Å². The summed E-state index contributed by atoms with van der Waals surface area (Å²) in [4.78, 5) is 11.0. The van der Waals surface area contributed by atoms with Crippen molar-refractivity contribution >= 4 is 11.6 Å². The molecular formula is C13H20N6. The molecule has 6 heteroatoms. The van der Waals surface area contributed by atoms with Gasteiger partial charge in [0.2, 0.25) is 0 Å². The van der Waals surface area contributed by atoms with E-state index in [9.17, 15) is 0 Å². The number of aromatic nitrogens is 4. The maximum absolute atomic E-state index is 5.63. The Hall–Kier alpha value is -1.69. The number of rotatable bonds is 4. The number of hydrogen-bond donors (Lipinski definition) is 1. The smallest absolute Gasteiger partial charge is 0.254 e. The van der Waals surface area contributed by atoms with E-state index in [0.717, 1.165) is 37.4 Å². The molecule has 1 atom stereocenters. The van der Waals surface area contributed by atoms with Crippen molar-refractivity contribution in [3.63, 3.8) is 0 Å². The maximum atomic E-state index is 5.63. The molecule has 2 aromatic rings. The van der Waals surface area contributed by atoms with Crippen LogP contribution in [-0.4, -0.2) is 38.7 Å². The molecule has 19 heavy (non-hydrogen) atoms. The highest BCUT2D eigenvalue weighted by Gasteiger charge is 2.26. The predicted molar refractivity (Wildman–Crippen MR) is 74.2 cm³/mol. The Bertz CT molecular complexity index is 563. The average molecular weight is 260 g/mol. The quantitative estimate of drug-likeness (QED) is 0.892. The molecule has 1 saturated heterocycles. The van der Waals surface area contributed by atoms with Crippen molar-refractivity contribution in [3.05, 3.63) is 18.1 Å². The van der Waals surface area contributed by atoms with Crippen LogP contribution in [0.15, 0.2) is 12.4 Å². The van der Waals surface area contributed by atoms with Crippen LogP contribution in [0.1, 0.15) is 31.4 Å². The van der Waals surface area contributed by atoms with Gasteiger partial charge in [0.25, 0.3) is 5.78 Å². The van der Waals surface area contributed by atoms with Crippen LogP contribution in [0.3, 0.4) is 0 Å². The van der Waals surface area contributed by atoms with E-state index in [0.29, 0.717) is 11.8 Å². The zero-order valence-electron chi connectivity index (χ0n) is 11.3. The summed E-state index contributed by atoms with van der Waals surface area (Å²) in [6, 6.07) is 2.67. The maximum Gasteiger partial charge on any atom is 0.254 e. The molecule has 2 N–H and O–H groups in total. The van der Waals surface area contributed by atoms with Gasteiger partial charge < -0.3 is 10.6 Å². The highest BCUT2D eigenvalue weighted by atomic mass is 15.4. The van der Waals surface area contributed by atoms with Crippen molar-refractivity contribution in [1.29, 1.82) is 0 Å². The molecule has 0 bridgehead atoms. The van der Waals surface area contributed by atoms with Gasteiger partial charge in [-0.05, 0) is 39.2 Å². The van der Waals surface area contributed by atoms with E-state index in [4.69, 9.17) is 5.73 Å². The lowest BCUT2D eigenvalue weighted by Crippen LogP contribution is -2.31. The van der Waals surface area contributed by atoms with E-state index in [1.54, 1.807) is 6.33 Å². The summed E-state index contributed by atoms with van der Waals surface area (Å²) in [7, 11) is 0. The molecule has 6 nitrogen and oxygen atoms in total. The van der Waals surface area contributed by atoms with Crippen LogP contribution in [0.2, 0.25) is 0 Å². The normalized spacial score (nSPS) is 19.5. The fourth-order valence-corrected chi connectivity index (χ4v) is 2.91. The van der Waals surface area contributed by atoms with E-state index in [1.807, 2.05) is 11.4 Å². The van der Waals surface area contributed by atoms with Gasteiger partial charge in [-0.25, -0.2) is 4.98 Å². The van der Waals surface area contributed by atoms with Crippen molar-refractivity contribution in [2.24, 2.45) is 5.73 Å². The minimum Gasteiger partial charge on any atom is -0.353 e. The second-order valence-corrected chi connectivity index (χ2v) is 5.15. The van der Waals surface area contributed by atoms with Crippen molar-refractivity contribution < 1.29 is 0 Å².